The average molecular weight is 255 g/mol. The summed E-state index contributed by atoms with van der Waals surface area (Å²) in [6.45, 7) is 0. The normalized spacial score (nSPS) is 9.53. The van der Waals surface area contributed by atoms with Crippen LogP contribution in [0.1, 0.15) is 5.56 Å². The summed E-state index contributed by atoms with van der Waals surface area (Å²) in [7, 11) is 3.32. The summed E-state index contributed by atoms with van der Waals surface area (Å²) in [6.07, 6.45) is 1.65. The molecule has 0 atom stereocenters. The zero-order valence-electron chi connectivity index (χ0n) is 10.7. The van der Waals surface area contributed by atoms with Crippen LogP contribution in [0.2, 0.25) is 0 Å². The Hall–Kier alpha value is -2.74. The fraction of sp³-hybridized carbons (Fsp3) is 0.143. The van der Waals surface area contributed by atoms with Gasteiger partial charge in [-0.1, -0.05) is 0 Å². The van der Waals surface area contributed by atoms with Crippen LogP contribution in [0.25, 0.3) is 0 Å². The number of hydrogen-bond acceptors (Lipinski definition) is 5. The molecule has 0 saturated heterocycles. The first kappa shape index (κ1) is 12.7. The number of methoxy groups -OCH3 is 1. The molecule has 1 aromatic carbocycles. The number of hydrogen-bond donors (Lipinski definition) is 1. The van der Waals surface area contributed by atoms with Crippen LogP contribution in [-0.4, -0.2) is 19.1 Å². The third-order valence-corrected chi connectivity index (χ3v) is 2.51. The lowest BCUT2D eigenvalue weighted by Crippen LogP contribution is -1.94. The third-order valence-electron chi connectivity index (χ3n) is 2.51. The molecule has 1 heterocycles. The van der Waals surface area contributed by atoms with E-state index in [1.165, 1.54) is 7.11 Å². The number of nitrogens with zero attached hydrogens (tertiary/aromatic N) is 2. The van der Waals surface area contributed by atoms with E-state index in [0.29, 0.717) is 28.6 Å². The van der Waals surface area contributed by atoms with Gasteiger partial charge in [-0.3, -0.25) is 0 Å². The first-order chi connectivity index (χ1) is 9.26. The summed E-state index contributed by atoms with van der Waals surface area (Å²) < 4.78 is 10.9. The number of ether oxygens (including phenoxy) is 2. The summed E-state index contributed by atoms with van der Waals surface area (Å²) in [5, 5.41) is 11.8. The number of anilines is 1. The zero-order chi connectivity index (χ0) is 13.7. The Kier molecular flexibility index (Phi) is 3.84. The molecule has 0 aliphatic heterocycles. The second kappa shape index (κ2) is 5.74. The average Bonchev–Trinajstić information content (AvgIpc) is 2.48. The minimum Gasteiger partial charge on any atom is -0.493 e. The van der Waals surface area contributed by atoms with E-state index in [9.17, 15) is 0 Å². The standard InChI is InChI=1S/C14H13N3O2/c1-16-14-8-11(5-6-17-14)19-12-4-3-10(9-15)7-13(12)18-2/h3-8H,1-2H3,(H,16,17). The molecule has 1 aromatic heterocycles. The van der Waals surface area contributed by atoms with Crippen molar-refractivity contribution in [2.45, 2.75) is 0 Å². The Morgan fingerprint density at radius 1 is 1.21 bits per heavy atom. The topological polar surface area (TPSA) is 67.2 Å². The predicted octanol–water partition coefficient (Wildman–Crippen LogP) is 2.80. The molecule has 0 radical (unpaired) electrons. The van der Waals surface area contributed by atoms with Crippen molar-refractivity contribution in [1.82, 2.24) is 4.98 Å². The van der Waals surface area contributed by atoms with Crippen molar-refractivity contribution in [1.29, 1.82) is 5.26 Å². The van der Waals surface area contributed by atoms with Crippen molar-refractivity contribution >= 4 is 5.82 Å². The number of pyridine rings is 1. The van der Waals surface area contributed by atoms with Crippen molar-refractivity contribution in [3.05, 3.63) is 42.1 Å². The van der Waals surface area contributed by atoms with E-state index in [1.54, 1.807) is 43.6 Å². The molecule has 19 heavy (non-hydrogen) atoms. The first-order valence-corrected chi connectivity index (χ1v) is 5.66. The second-order valence-electron chi connectivity index (χ2n) is 3.71. The Morgan fingerprint density at radius 2 is 2.05 bits per heavy atom. The summed E-state index contributed by atoms with van der Waals surface area (Å²) in [5.74, 6) is 2.42. The van der Waals surface area contributed by atoms with Crippen molar-refractivity contribution in [3.63, 3.8) is 0 Å². The Balaban J connectivity index is 2.30. The fourth-order valence-corrected chi connectivity index (χ4v) is 1.56. The quantitative estimate of drug-likeness (QED) is 0.909. The second-order valence-corrected chi connectivity index (χ2v) is 3.71. The molecule has 0 fully saturated rings. The molecule has 0 unspecified atom stereocenters. The van der Waals surface area contributed by atoms with E-state index in [0.717, 1.165) is 0 Å². The van der Waals surface area contributed by atoms with Gasteiger partial charge in [0.15, 0.2) is 11.5 Å². The van der Waals surface area contributed by atoms with Crippen LogP contribution < -0.4 is 14.8 Å². The highest BCUT2D eigenvalue weighted by Gasteiger charge is 2.07. The molecule has 5 heteroatoms. The highest BCUT2D eigenvalue weighted by Crippen LogP contribution is 2.32. The number of benzene rings is 1. The van der Waals surface area contributed by atoms with Crippen molar-refractivity contribution < 1.29 is 9.47 Å². The van der Waals surface area contributed by atoms with Crippen LogP contribution in [-0.2, 0) is 0 Å². The zero-order valence-corrected chi connectivity index (χ0v) is 10.7. The molecular formula is C14H13N3O2. The molecule has 1 N–H and O–H groups in total. The van der Waals surface area contributed by atoms with Crippen LogP contribution in [0.4, 0.5) is 5.82 Å². The van der Waals surface area contributed by atoms with E-state index in [2.05, 4.69) is 16.4 Å². The van der Waals surface area contributed by atoms with Gasteiger partial charge in [-0.2, -0.15) is 5.26 Å². The van der Waals surface area contributed by atoms with Gasteiger partial charge in [0.1, 0.15) is 11.6 Å². The van der Waals surface area contributed by atoms with Crippen molar-refractivity contribution in [3.8, 4) is 23.3 Å². The molecule has 0 spiro atoms. The molecule has 0 saturated carbocycles. The monoisotopic (exact) mass is 255 g/mol. The maximum Gasteiger partial charge on any atom is 0.169 e. The highest BCUT2D eigenvalue weighted by molar-refractivity contribution is 5.49. The minimum absolute atomic E-state index is 0.516. The number of rotatable bonds is 4. The van der Waals surface area contributed by atoms with Gasteiger partial charge in [0.05, 0.1) is 18.7 Å². The van der Waals surface area contributed by atoms with Gasteiger partial charge in [0.2, 0.25) is 0 Å². The van der Waals surface area contributed by atoms with Gasteiger partial charge in [0.25, 0.3) is 0 Å². The largest absolute Gasteiger partial charge is 0.493 e. The lowest BCUT2D eigenvalue weighted by molar-refractivity contribution is 0.378. The van der Waals surface area contributed by atoms with E-state index in [4.69, 9.17) is 14.7 Å². The fourth-order valence-electron chi connectivity index (χ4n) is 1.56. The number of nitriles is 1. The first-order valence-electron chi connectivity index (χ1n) is 5.66. The van der Waals surface area contributed by atoms with Crippen LogP contribution in [0.15, 0.2) is 36.5 Å². The van der Waals surface area contributed by atoms with Gasteiger partial charge >= 0.3 is 0 Å². The minimum atomic E-state index is 0.516. The maximum absolute atomic E-state index is 8.84. The van der Waals surface area contributed by atoms with Crippen LogP contribution >= 0.6 is 0 Å². The smallest absolute Gasteiger partial charge is 0.169 e. The van der Waals surface area contributed by atoms with E-state index < -0.39 is 0 Å². The third kappa shape index (κ3) is 2.93. The molecule has 5 nitrogen and oxygen atoms in total. The van der Waals surface area contributed by atoms with E-state index in [1.807, 2.05) is 0 Å². The van der Waals surface area contributed by atoms with E-state index in [-0.39, 0.29) is 0 Å². The molecule has 96 valence electrons. The molecule has 0 bridgehead atoms. The van der Waals surface area contributed by atoms with Gasteiger partial charge < -0.3 is 14.8 Å². The molecule has 0 aliphatic carbocycles. The van der Waals surface area contributed by atoms with Crippen molar-refractivity contribution in [2.24, 2.45) is 0 Å². The molecule has 2 rings (SSSR count). The van der Waals surface area contributed by atoms with Gasteiger partial charge in [-0.25, -0.2) is 4.98 Å². The Labute approximate surface area is 111 Å². The molecule has 0 amide bonds. The van der Waals surface area contributed by atoms with Gasteiger partial charge in [-0.15, -0.1) is 0 Å². The summed E-state index contributed by atoms with van der Waals surface area (Å²) in [5.41, 5.74) is 0.523. The summed E-state index contributed by atoms with van der Waals surface area (Å²) in [4.78, 5) is 4.10. The summed E-state index contributed by atoms with van der Waals surface area (Å²) in [6, 6.07) is 10.6. The Morgan fingerprint density at radius 3 is 2.74 bits per heavy atom. The predicted molar refractivity (Wildman–Crippen MR) is 71.6 cm³/mol. The Bertz CT molecular complexity index is 620. The van der Waals surface area contributed by atoms with Crippen LogP contribution in [0.5, 0.6) is 17.2 Å². The highest BCUT2D eigenvalue weighted by atomic mass is 16.5. The maximum atomic E-state index is 8.84. The SMILES string of the molecule is CNc1cc(Oc2ccc(C#N)cc2OC)ccn1. The van der Waals surface area contributed by atoms with Crippen LogP contribution in [0.3, 0.4) is 0 Å². The van der Waals surface area contributed by atoms with Gasteiger partial charge in [0, 0.05) is 25.4 Å². The lowest BCUT2D eigenvalue weighted by Gasteiger charge is -2.11. The summed E-state index contributed by atoms with van der Waals surface area (Å²) >= 11 is 0. The molecule has 0 aliphatic rings. The van der Waals surface area contributed by atoms with E-state index >= 15 is 0 Å². The van der Waals surface area contributed by atoms with Crippen LogP contribution in [0, 0.1) is 11.3 Å². The van der Waals surface area contributed by atoms with Gasteiger partial charge in [-0.05, 0) is 18.2 Å². The van der Waals surface area contributed by atoms with Crippen molar-refractivity contribution in [2.75, 3.05) is 19.5 Å². The molecular weight excluding hydrogens is 242 g/mol. The lowest BCUT2D eigenvalue weighted by atomic mass is 10.2. The number of nitrogens with one attached hydrogen (secondary N) is 1. The molecule has 2 aromatic rings. The number of aromatic nitrogens is 1.